The Morgan fingerprint density at radius 3 is 2.19 bits per heavy atom. The quantitative estimate of drug-likeness (QED) is 0.825. The molecular formula is C19H18F3NO3. The van der Waals surface area contributed by atoms with E-state index < -0.39 is 29.0 Å². The molecule has 0 aromatic heterocycles. The van der Waals surface area contributed by atoms with Crippen LogP contribution < -0.4 is 5.32 Å². The Balaban J connectivity index is 2.07. The molecule has 2 aromatic rings. The Bertz CT molecular complexity index is 790. The zero-order valence-corrected chi connectivity index (χ0v) is 14.0. The van der Waals surface area contributed by atoms with Gasteiger partial charge in [0.1, 0.15) is 5.41 Å². The molecule has 0 radical (unpaired) electrons. The zero-order chi connectivity index (χ0) is 19.4. The maximum atomic E-state index is 12.7. The van der Waals surface area contributed by atoms with Crippen molar-refractivity contribution < 1.29 is 27.9 Å². The minimum absolute atomic E-state index is 0.176. The van der Waals surface area contributed by atoms with Gasteiger partial charge in [0.2, 0.25) is 5.91 Å². The summed E-state index contributed by atoms with van der Waals surface area (Å²) >= 11 is 0. The Hall–Kier alpha value is -2.83. The van der Waals surface area contributed by atoms with Crippen molar-refractivity contribution in [1.29, 1.82) is 0 Å². The number of amides is 1. The van der Waals surface area contributed by atoms with Gasteiger partial charge in [-0.3, -0.25) is 9.59 Å². The van der Waals surface area contributed by atoms with Gasteiger partial charge in [-0.15, -0.1) is 0 Å². The number of carboxylic acid groups (broad SMARTS) is 1. The van der Waals surface area contributed by atoms with Gasteiger partial charge in [0.05, 0.1) is 12.0 Å². The fourth-order valence-electron chi connectivity index (χ4n) is 2.49. The SMILES string of the molecule is CC(CNC(=O)Cc1cccc(C(F)(F)F)c1)(C(=O)O)c1ccccc1. The number of nitrogens with one attached hydrogen (secondary N) is 1. The first-order valence-electron chi connectivity index (χ1n) is 7.85. The molecule has 0 spiro atoms. The molecule has 0 bridgehead atoms. The zero-order valence-electron chi connectivity index (χ0n) is 14.0. The van der Waals surface area contributed by atoms with Gasteiger partial charge in [-0.1, -0.05) is 48.5 Å². The maximum Gasteiger partial charge on any atom is 0.416 e. The topological polar surface area (TPSA) is 66.4 Å². The molecule has 1 atom stereocenters. The first-order valence-corrected chi connectivity index (χ1v) is 7.85. The fraction of sp³-hybridized carbons (Fsp3) is 0.263. The molecule has 26 heavy (non-hydrogen) atoms. The van der Waals surface area contributed by atoms with E-state index in [0.717, 1.165) is 12.1 Å². The number of aliphatic carboxylic acids is 1. The Labute approximate surface area is 148 Å². The molecule has 138 valence electrons. The number of alkyl halides is 3. The summed E-state index contributed by atoms with van der Waals surface area (Å²) < 4.78 is 38.2. The maximum absolute atomic E-state index is 12.7. The van der Waals surface area contributed by atoms with Crippen LogP contribution in [0.3, 0.4) is 0 Å². The summed E-state index contributed by atoms with van der Waals surface area (Å²) in [6, 6.07) is 12.9. The number of hydrogen-bond acceptors (Lipinski definition) is 2. The van der Waals surface area contributed by atoms with E-state index >= 15 is 0 Å². The van der Waals surface area contributed by atoms with Crippen LogP contribution in [0, 0.1) is 0 Å². The number of halogens is 3. The van der Waals surface area contributed by atoms with E-state index in [4.69, 9.17) is 0 Å². The third-order valence-electron chi connectivity index (χ3n) is 4.14. The van der Waals surface area contributed by atoms with E-state index in [0.29, 0.717) is 5.56 Å². The molecule has 2 N–H and O–H groups in total. The number of carboxylic acids is 1. The summed E-state index contributed by atoms with van der Waals surface area (Å²) in [6.07, 6.45) is -4.75. The molecule has 4 nitrogen and oxygen atoms in total. The lowest BCUT2D eigenvalue weighted by Gasteiger charge is -2.25. The highest BCUT2D eigenvalue weighted by Crippen LogP contribution is 2.29. The molecule has 1 amide bonds. The van der Waals surface area contributed by atoms with Crippen LogP contribution in [-0.4, -0.2) is 23.5 Å². The second-order valence-electron chi connectivity index (χ2n) is 6.15. The monoisotopic (exact) mass is 365 g/mol. The highest BCUT2D eigenvalue weighted by molar-refractivity contribution is 5.84. The van der Waals surface area contributed by atoms with Gasteiger partial charge in [0.25, 0.3) is 0 Å². The van der Waals surface area contributed by atoms with Crippen molar-refractivity contribution in [3.05, 3.63) is 71.3 Å². The first-order chi connectivity index (χ1) is 12.1. The normalized spacial score (nSPS) is 13.7. The van der Waals surface area contributed by atoms with Crippen LogP contribution in [0.1, 0.15) is 23.6 Å². The second kappa shape index (κ2) is 7.59. The largest absolute Gasteiger partial charge is 0.481 e. The highest BCUT2D eigenvalue weighted by atomic mass is 19.4. The molecular weight excluding hydrogens is 347 g/mol. The third-order valence-corrected chi connectivity index (χ3v) is 4.14. The third kappa shape index (κ3) is 4.62. The summed E-state index contributed by atoms with van der Waals surface area (Å²) in [6.45, 7) is 1.30. The van der Waals surface area contributed by atoms with Crippen molar-refractivity contribution in [2.75, 3.05) is 6.54 Å². The number of rotatable bonds is 6. The lowest BCUT2D eigenvalue weighted by Crippen LogP contribution is -2.44. The van der Waals surface area contributed by atoms with Crippen LogP contribution >= 0.6 is 0 Å². The summed E-state index contributed by atoms with van der Waals surface area (Å²) in [5.74, 6) is -1.66. The van der Waals surface area contributed by atoms with Crippen LogP contribution in [-0.2, 0) is 27.6 Å². The number of carbonyl (C=O) groups is 2. The van der Waals surface area contributed by atoms with Crippen LogP contribution in [0.15, 0.2) is 54.6 Å². The lowest BCUT2D eigenvalue weighted by atomic mass is 9.82. The first kappa shape index (κ1) is 19.5. The summed E-state index contributed by atoms with van der Waals surface area (Å²) in [5.41, 5.74) is -1.45. The van der Waals surface area contributed by atoms with Gasteiger partial charge in [-0.2, -0.15) is 13.2 Å². The predicted octanol–water partition coefficient (Wildman–Crippen LogP) is 3.41. The standard InChI is InChI=1S/C19H18F3NO3/c1-18(17(25)26,14-7-3-2-4-8-14)12-23-16(24)11-13-6-5-9-15(10-13)19(20,21)22/h2-10H,11-12H2,1H3,(H,23,24)(H,25,26). The molecule has 0 saturated heterocycles. The Morgan fingerprint density at radius 2 is 1.62 bits per heavy atom. The molecule has 0 aliphatic carbocycles. The summed E-state index contributed by atoms with van der Waals surface area (Å²) in [7, 11) is 0. The van der Waals surface area contributed by atoms with Crippen molar-refractivity contribution in [3.8, 4) is 0 Å². The van der Waals surface area contributed by atoms with E-state index in [1.165, 1.54) is 19.1 Å². The van der Waals surface area contributed by atoms with Gasteiger partial charge in [-0.05, 0) is 24.1 Å². The molecule has 1 unspecified atom stereocenters. The van der Waals surface area contributed by atoms with Gasteiger partial charge in [0.15, 0.2) is 0 Å². The molecule has 0 heterocycles. The van der Waals surface area contributed by atoms with Crippen molar-refractivity contribution in [1.82, 2.24) is 5.32 Å². The Kier molecular flexibility index (Phi) is 5.69. The number of hydrogen-bond donors (Lipinski definition) is 2. The number of benzene rings is 2. The van der Waals surface area contributed by atoms with E-state index in [-0.39, 0.29) is 18.5 Å². The minimum atomic E-state index is -4.48. The predicted molar refractivity (Wildman–Crippen MR) is 89.6 cm³/mol. The average Bonchev–Trinajstić information content (AvgIpc) is 2.60. The Morgan fingerprint density at radius 1 is 1.00 bits per heavy atom. The average molecular weight is 365 g/mol. The highest BCUT2D eigenvalue weighted by Gasteiger charge is 2.35. The molecule has 0 saturated carbocycles. The van der Waals surface area contributed by atoms with Crippen molar-refractivity contribution >= 4 is 11.9 Å². The molecule has 7 heteroatoms. The van der Waals surface area contributed by atoms with E-state index in [2.05, 4.69) is 5.32 Å². The van der Waals surface area contributed by atoms with E-state index in [1.54, 1.807) is 30.3 Å². The van der Waals surface area contributed by atoms with Crippen LogP contribution in [0.4, 0.5) is 13.2 Å². The fourth-order valence-corrected chi connectivity index (χ4v) is 2.49. The molecule has 0 aliphatic heterocycles. The lowest BCUT2D eigenvalue weighted by molar-refractivity contribution is -0.143. The second-order valence-corrected chi connectivity index (χ2v) is 6.15. The molecule has 0 aliphatic rings. The minimum Gasteiger partial charge on any atom is -0.481 e. The van der Waals surface area contributed by atoms with Gasteiger partial charge in [-0.25, -0.2) is 0 Å². The van der Waals surface area contributed by atoms with Gasteiger partial charge in [0, 0.05) is 6.54 Å². The number of carbonyl (C=O) groups excluding carboxylic acids is 1. The van der Waals surface area contributed by atoms with Crippen LogP contribution in [0.2, 0.25) is 0 Å². The molecule has 2 aromatic carbocycles. The molecule has 0 fully saturated rings. The van der Waals surface area contributed by atoms with Crippen molar-refractivity contribution in [2.24, 2.45) is 0 Å². The van der Waals surface area contributed by atoms with E-state index in [1.807, 2.05) is 0 Å². The van der Waals surface area contributed by atoms with E-state index in [9.17, 15) is 27.9 Å². The van der Waals surface area contributed by atoms with Crippen molar-refractivity contribution in [3.63, 3.8) is 0 Å². The van der Waals surface area contributed by atoms with Crippen LogP contribution in [0.25, 0.3) is 0 Å². The summed E-state index contributed by atoms with van der Waals surface area (Å²) in [4.78, 5) is 23.8. The van der Waals surface area contributed by atoms with Gasteiger partial charge >= 0.3 is 12.1 Å². The molecule has 2 rings (SSSR count). The van der Waals surface area contributed by atoms with Gasteiger partial charge < -0.3 is 10.4 Å². The summed E-state index contributed by atoms with van der Waals surface area (Å²) in [5, 5.41) is 12.0. The van der Waals surface area contributed by atoms with Crippen molar-refractivity contribution in [2.45, 2.75) is 24.9 Å². The smallest absolute Gasteiger partial charge is 0.416 e. The van der Waals surface area contributed by atoms with Crippen LogP contribution in [0.5, 0.6) is 0 Å².